The summed E-state index contributed by atoms with van der Waals surface area (Å²) in [4.78, 5) is 5.81. The lowest BCUT2D eigenvalue weighted by atomic mass is 9.88. The Labute approximate surface area is 91.1 Å². The fourth-order valence-electron chi connectivity index (χ4n) is 1.94. The first-order chi connectivity index (χ1) is 7.18. The zero-order valence-electron chi connectivity index (χ0n) is 9.47. The second-order valence-electron chi connectivity index (χ2n) is 4.19. The molecule has 0 saturated carbocycles. The van der Waals surface area contributed by atoms with Gasteiger partial charge in [-0.2, -0.15) is 5.06 Å². The largest absolute Gasteiger partial charge is 0.291 e. The Hall–Kier alpha value is -1.12. The van der Waals surface area contributed by atoms with Crippen LogP contribution in [-0.2, 0) is 4.84 Å². The van der Waals surface area contributed by atoms with Crippen LogP contribution in [0.15, 0.2) is 30.3 Å². The summed E-state index contributed by atoms with van der Waals surface area (Å²) in [5.74, 6) is 0.419. The van der Waals surface area contributed by atoms with Gasteiger partial charge in [0.25, 0.3) is 0 Å². The zero-order valence-corrected chi connectivity index (χ0v) is 9.47. The highest BCUT2D eigenvalue weighted by atomic mass is 16.7. The molecule has 0 fully saturated rings. The summed E-state index contributed by atoms with van der Waals surface area (Å²) in [5, 5.41) is 1.77. The standard InChI is InChI=1S/C13H17NO/c1-10-8-9-11-6-4-5-7-12(11)13(10)15-14(2)3/h4-10,13H,1-3H3. The Morgan fingerprint density at radius 2 is 1.93 bits per heavy atom. The molecule has 2 nitrogen and oxygen atoms in total. The molecule has 1 aromatic carbocycles. The van der Waals surface area contributed by atoms with E-state index in [0.717, 1.165) is 0 Å². The van der Waals surface area contributed by atoms with Crippen molar-refractivity contribution in [2.24, 2.45) is 5.92 Å². The number of hydrogen-bond acceptors (Lipinski definition) is 2. The minimum Gasteiger partial charge on any atom is -0.291 e. The Bertz CT molecular complexity index is 371. The van der Waals surface area contributed by atoms with E-state index in [9.17, 15) is 0 Å². The molecule has 1 aromatic rings. The minimum absolute atomic E-state index is 0.140. The lowest BCUT2D eigenvalue weighted by molar-refractivity contribution is -0.178. The molecule has 2 rings (SSSR count). The molecule has 15 heavy (non-hydrogen) atoms. The number of hydroxylamine groups is 2. The van der Waals surface area contributed by atoms with Gasteiger partial charge >= 0.3 is 0 Å². The van der Waals surface area contributed by atoms with Gasteiger partial charge in [-0.15, -0.1) is 0 Å². The van der Waals surface area contributed by atoms with Gasteiger partial charge in [0.05, 0.1) is 0 Å². The normalized spacial score (nSPS) is 24.3. The molecule has 0 amide bonds. The maximum absolute atomic E-state index is 5.81. The van der Waals surface area contributed by atoms with Crippen LogP contribution in [0.1, 0.15) is 24.2 Å². The topological polar surface area (TPSA) is 12.5 Å². The summed E-state index contributed by atoms with van der Waals surface area (Å²) >= 11 is 0. The summed E-state index contributed by atoms with van der Waals surface area (Å²) in [6.45, 7) is 2.18. The maximum atomic E-state index is 5.81. The van der Waals surface area contributed by atoms with Crippen LogP contribution in [-0.4, -0.2) is 19.2 Å². The first-order valence-corrected chi connectivity index (χ1v) is 5.29. The van der Waals surface area contributed by atoms with E-state index in [1.165, 1.54) is 11.1 Å². The van der Waals surface area contributed by atoms with Gasteiger partial charge in [0.2, 0.25) is 0 Å². The van der Waals surface area contributed by atoms with Crippen molar-refractivity contribution in [1.29, 1.82) is 0 Å². The Balaban J connectivity index is 2.34. The van der Waals surface area contributed by atoms with E-state index in [2.05, 4.69) is 43.3 Å². The Kier molecular flexibility index (Phi) is 2.89. The molecule has 80 valence electrons. The molecule has 0 bridgehead atoms. The van der Waals surface area contributed by atoms with E-state index < -0.39 is 0 Å². The molecule has 0 heterocycles. The zero-order chi connectivity index (χ0) is 10.8. The summed E-state index contributed by atoms with van der Waals surface area (Å²) in [7, 11) is 3.85. The second-order valence-corrected chi connectivity index (χ2v) is 4.19. The van der Waals surface area contributed by atoms with Crippen molar-refractivity contribution in [1.82, 2.24) is 5.06 Å². The molecule has 0 radical (unpaired) electrons. The van der Waals surface area contributed by atoms with Gasteiger partial charge in [-0.05, 0) is 11.1 Å². The van der Waals surface area contributed by atoms with Gasteiger partial charge in [-0.3, -0.25) is 4.84 Å². The molecule has 2 atom stereocenters. The molecule has 0 saturated heterocycles. The smallest absolute Gasteiger partial charge is 0.111 e. The number of fused-ring (bicyclic) bond motifs is 1. The third-order valence-electron chi connectivity index (χ3n) is 2.68. The molecule has 0 N–H and O–H groups in total. The van der Waals surface area contributed by atoms with Crippen molar-refractivity contribution < 1.29 is 4.84 Å². The number of benzene rings is 1. The summed E-state index contributed by atoms with van der Waals surface area (Å²) < 4.78 is 0. The fourth-order valence-corrected chi connectivity index (χ4v) is 1.94. The molecule has 1 aliphatic rings. The maximum Gasteiger partial charge on any atom is 0.111 e. The van der Waals surface area contributed by atoms with Crippen LogP contribution in [0.2, 0.25) is 0 Å². The SMILES string of the molecule is CC1C=Cc2ccccc2C1ON(C)C. The van der Waals surface area contributed by atoms with E-state index in [1.807, 2.05) is 14.1 Å². The lowest BCUT2D eigenvalue weighted by Crippen LogP contribution is -2.23. The molecular weight excluding hydrogens is 186 g/mol. The molecular formula is C13H17NO. The average molecular weight is 203 g/mol. The van der Waals surface area contributed by atoms with Gasteiger partial charge in [0, 0.05) is 20.0 Å². The predicted octanol–water partition coefficient (Wildman–Crippen LogP) is 2.88. The van der Waals surface area contributed by atoms with Gasteiger partial charge < -0.3 is 0 Å². The molecule has 2 heteroatoms. The van der Waals surface area contributed by atoms with E-state index in [-0.39, 0.29) is 6.10 Å². The Morgan fingerprint density at radius 1 is 1.20 bits per heavy atom. The monoisotopic (exact) mass is 203 g/mol. The molecule has 2 unspecified atom stereocenters. The first-order valence-electron chi connectivity index (χ1n) is 5.29. The predicted molar refractivity (Wildman–Crippen MR) is 62.2 cm³/mol. The quantitative estimate of drug-likeness (QED) is 0.685. The summed E-state index contributed by atoms with van der Waals surface area (Å²) in [6, 6.07) is 8.40. The summed E-state index contributed by atoms with van der Waals surface area (Å²) in [5.41, 5.74) is 2.55. The van der Waals surface area contributed by atoms with Gasteiger partial charge in [-0.1, -0.05) is 43.3 Å². The minimum atomic E-state index is 0.140. The second kappa shape index (κ2) is 4.17. The highest BCUT2D eigenvalue weighted by Gasteiger charge is 2.24. The van der Waals surface area contributed by atoms with Crippen molar-refractivity contribution >= 4 is 6.08 Å². The van der Waals surface area contributed by atoms with Crippen molar-refractivity contribution in [3.05, 3.63) is 41.5 Å². The third-order valence-corrected chi connectivity index (χ3v) is 2.68. The summed E-state index contributed by atoms with van der Waals surface area (Å²) in [6.07, 6.45) is 4.52. The Morgan fingerprint density at radius 3 is 2.67 bits per heavy atom. The van der Waals surface area contributed by atoms with Crippen LogP contribution in [0.4, 0.5) is 0 Å². The van der Waals surface area contributed by atoms with Crippen molar-refractivity contribution in [3.8, 4) is 0 Å². The molecule has 1 aliphatic carbocycles. The van der Waals surface area contributed by atoms with Crippen LogP contribution in [0, 0.1) is 5.92 Å². The van der Waals surface area contributed by atoms with Crippen LogP contribution < -0.4 is 0 Å². The van der Waals surface area contributed by atoms with Crippen molar-refractivity contribution in [2.45, 2.75) is 13.0 Å². The fraction of sp³-hybridized carbons (Fsp3) is 0.385. The first kappa shape index (κ1) is 10.4. The van der Waals surface area contributed by atoms with Crippen molar-refractivity contribution in [2.75, 3.05) is 14.1 Å². The van der Waals surface area contributed by atoms with Gasteiger partial charge in [0.15, 0.2) is 0 Å². The third kappa shape index (κ3) is 2.11. The van der Waals surface area contributed by atoms with E-state index >= 15 is 0 Å². The van der Waals surface area contributed by atoms with E-state index in [0.29, 0.717) is 5.92 Å². The molecule has 0 aliphatic heterocycles. The van der Waals surface area contributed by atoms with Crippen LogP contribution in [0.3, 0.4) is 0 Å². The molecule has 0 spiro atoms. The average Bonchev–Trinajstić information content (AvgIpc) is 2.22. The highest BCUT2D eigenvalue weighted by Crippen LogP contribution is 2.34. The highest BCUT2D eigenvalue weighted by molar-refractivity contribution is 5.57. The number of nitrogens with zero attached hydrogens (tertiary/aromatic N) is 1. The van der Waals surface area contributed by atoms with Crippen LogP contribution >= 0.6 is 0 Å². The molecule has 0 aromatic heterocycles. The van der Waals surface area contributed by atoms with E-state index in [4.69, 9.17) is 4.84 Å². The number of hydrogen-bond donors (Lipinski definition) is 0. The van der Waals surface area contributed by atoms with E-state index in [1.54, 1.807) is 5.06 Å². The van der Waals surface area contributed by atoms with Crippen molar-refractivity contribution in [3.63, 3.8) is 0 Å². The van der Waals surface area contributed by atoms with Crippen LogP contribution in [0.25, 0.3) is 6.08 Å². The van der Waals surface area contributed by atoms with Gasteiger partial charge in [0.1, 0.15) is 6.10 Å². The van der Waals surface area contributed by atoms with Crippen LogP contribution in [0.5, 0.6) is 0 Å². The number of rotatable bonds is 2. The lowest BCUT2D eigenvalue weighted by Gasteiger charge is -2.29. The van der Waals surface area contributed by atoms with Gasteiger partial charge in [-0.25, -0.2) is 0 Å².